The number of halogens is 1. The highest BCUT2D eigenvalue weighted by atomic mass is 79.9. The predicted octanol–water partition coefficient (Wildman–Crippen LogP) is 3.73. The third-order valence-corrected chi connectivity index (χ3v) is 4.93. The van der Waals surface area contributed by atoms with Crippen molar-refractivity contribution in [2.45, 2.75) is 58.1 Å². The van der Waals surface area contributed by atoms with E-state index in [4.69, 9.17) is 4.74 Å². The average molecular weight is 340 g/mol. The maximum Gasteiger partial charge on any atom is 0.135 e. The van der Waals surface area contributed by atoms with Crippen LogP contribution in [0.25, 0.3) is 0 Å². The van der Waals surface area contributed by atoms with Crippen molar-refractivity contribution in [1.29, 1.82) is 0 Å². The Morgan fingerprint density at radius 1 is 1.40 bits per heavy atom. The molecule has 0 saturated heterocycles. The molecule has 1 heterocycles. The maximum atomic E-state index is 5.77. The largest absolute Gasteiger partial charge is 0.378 e. The molecule has 2 unspecified atom stereocenters. The number of anilines is 1. The van der Waals surface area contributed by atoms with Gasteiger partial charge in [0.1, 0.15) is 16.2 Å². The topological polar surface area (TPSA) is 47.0 Å². The second-order valence-corrected chi connectivity index (χ2v) is 7.22. The van der Waals surface area contributed by atoms with Gasteiger partial charge in [0.15, 0.2) is 0 Å². The van der Waals surface area contributed by atoms with E-state index in [0.29, 0.717) is 18.1 Å². The van der Waals surface area contributed by atoms with Crippen molar-refractivity contribution in [2.24, 2.45) is 5.41 Å². The highest BCUT2D eigenvalue weighted by Gasteiger charge is 2.49. The fourth-order valence-electron chi connectivity index (χ4n) is 2.83. The van der Waals surface area contributed by atoms with Crippen molar-refractivity contribution in [3.63, 3.8) is 0 Å². The third-order valence-electron chi connectivity index (χ3n) is 4.52. The molecule has 3 rings (SSSR count). The molecule has 0 radical (unpaired) electrons. The third kappa shape index (κ3) is 2.70. The van der Waals surface area contributed by atoms with Crippen LogP contribution in [0.3, 0.4) is 0 Å². The van der Waals surface area contributed by atoms with Crippen LogP contribution in [0.2, 0.25) is 0 Å². The molecule has 0 aromatic carbocycles. The normalized spacial score (nSPS) is 28.0. The van der Waals surface area contributed by atoms with Crippen LogP contribution in [0, 0.1) is 5.41 Å². The SMILES string of the molecule is CCOC1CC(Nc2cc(Br)nc(C3CC3)n2)C1(C)C. The summed E-state index contributed by atoms with van der Waals surface area (Å²) in [5.74, 6) is 2.47. The zero-order valence-electron chi connectivity index (χ0n) is 12.3. The van der Waals surface area contributed by atoms with E-state index in [1.54, 1.807) is 0 Å². The minimum Gasteiger partial charge on any atom is -0.378 e. The van der Waals surface area contributed by atoms with Crippen molar-refractivity contribution in [2.75, 3.05) is 11.9 Å². The Kier molecular flexibility index (Phi) is 3.75. The summed E-state index contributed by atoms with van der Waals surface area (Å²) in [6, 6.07) is 2.38. The molecule has 0 amide bonds. The number of hydrogen-bond acceptors (Lipinski definition) is 4. The second kappa shape index (κ2) is 5.26. The van der Waals surface area contributed by atoms with Gasteiger partial charge in [0, 0.05) is 30.0 Å². The first-order valence-electron chi connectivity index (χ1n) is 7.43. The number of ether oxygens (including phenoxy) is 1. The minimum absolute atomic E-state index is 0.146. The molecule has 110 valence electrons. The van der Waals surface area contributed by atoms with E-state index in [1.807, 2.05) is 6.07 Å². The van der Waals surface area contributed by atoms with E-state index in [2.05, 4.69) is 52.0 Å². The smallest absolute Gasteiger partial charge is 0.135 e. The molecule has 1 aromatic rings. The van der Waals surface area contributed by atoms with Crippen molar-refractivity contribution in [3.8, 4) is 0 Å². The van der Waals surface area contributed by atoms with Crippen LogP contribution in [-0.2, 0) is 4.74 Å². The Morgan fingerprint density at radius 2 is 2.15 bits per heavy atom. The van der Waals surface area contributed by atoms with Crippen molar-refractivity contribution in [3.05, 3.63) is 16.5 Å². The molecule has 0 aliphatic heterocycles. The highest BCUT2D eigenvalue weighted by Crippen LogP contribution is 2.44. The second-order valence-electron chi connectivity index (χ2n) is 6.41. The fourth-order valence-corrected chi connectivity index (χ4v) is 3.22. The van der Waals surface area contributed by atoms with Gasteiger partial charge in [-0.1, -0.05) is 13.8 Å². The quantitative estimate of drug-likeness (QED) is 0.830. The molecular formula is C15H22BrN3O. The van der Waals surface area contributed by atoms with Crippen LogP contribution in [-0.4, -0.2) is 28.7 Å². The molecule has 2 aliphatic rings. The molecule has 1 N–H and O–H groups in total. The number of nitrogens with one attached hydrogen (secondary N) is 1. The molecular weight excluding hydrogens is 318 g/mol. The zero-order valence-corrected chi connectivity index (χ0v) is 13.9. The highest BCUT2D eigenvalue weighted by molar-refractivity contribution is 9.10. The first kappa shape index (κ1) is 14.3. The lowest BCUT2D eigenvalue weighted by atomic mass is 9.64. The molecule has 20 heavy (non-hydrogen) atoms. The van der Waals surface area contributed by atoms with Crippen LogP contribution in [0.5, 0.6) is 0 Å². The van der Waals surface area contributed by atoms with Gasteiger partial charge in [0.05, 0.1) is 6.10 Å². The standard InChI is InChI=1S/C15H22BrN3O/c1-4-20-11-7-10(15(11,2)3)17-13-8-12(16)18-14(19-13)9-5-6-9/h8-11H,4-7H2,1-3H3,(H,17,18,19). The molecule has 2 atom stereocenters. The van der Waals surface area contributed by atoms with Crippen molar-refractivity contribution < 1.29 is 4.74 Å². The zero-order chi connectivity index (χ0) is 14.3. The van der Waals surface area contributed by atoms with Crippen molar-refractivity contribution in [1.82, 2.24) is 9.97 Å². The Labute approximate surface area is 128 Å². The predicted molar refractivity (Wildman–Crippen MR) is 82.9 cm³/mol. The summed E-state index contributed by atoms with van der Waals surface area (Å²) in [7, 11) is 0. The lowest BCUT2D eigenvalue weighted by Gasteiger charge is -2.51. The van der Waals surface area contributed by atoms with Crippen LogP contribution in [0.4, 0.5) is 5.82 Å². The molecule has 4 nitrogen and oxygen atoms in total. The fraction of sp³-hybridized carbons (Fsp3) is 0.733. The molecule has 2 aliphatic carbocycles. The lowest BCUT2D eigenvalue weighted by Crippen LogP contribution is -2.58. The number of aromatic nitrogens is 2. The Bertz CT molecular complexity index is 502. The number of nitrogens with zero attached hydrogens (tertiary/aromatic N) is 2. The van der Waals surface area contributed by atoms with Gasteiger partial charge in [-0.25, -0.2) is 9.97 Å². The summed E-state index contributed by atoms with van der Waals surface area (Å²) >= 11 is 3.49. The monoisotopic (exact) mass is 339 g/mol. The van der Waals surface area contributed by atoms with E-state index in [-0.39, 0.29) is 5.41 Å². The molecule has 1 aromatic heterocycles. The summed E-state index contributed by atoms with van der Waals surface area (Å²) in [6.45, 7) is 7.35. The van der Waals surface area contributed by atoms with Gasteiger partial charge < -0.3 is 10.1 Å². The van der Waals surface area contributed by atoms with Crippen LogP contribution in [0.15, 0.2) is 10.7 Å². The summed E-state index contributed by atoms with van der Waals surface area (Å²) in [4.78, 5) is 9.13. The van der Waals surface area contributed by atoms with E-state index in [0.717, 1.165) is 29.3 Å². The molecule has 2 fully saturated rings. The van der Waals surface area contributed by atoms with Gasteiger partial charge in [-0.2, -0.15) is 0 Å². The number of rotatable bonds is 5. The van der Waals surface area contributed by atoms with E-state index in [1.165, 1.54) is 12.8 Å². The summed E-state index contributed by atoms with van der Waals surface area (Å²) in [6.07, 6.45) is 3.83. The molecule has 2 saturated carbocycles. The Balaban J connectivity index is 1.69. The summed E-state index contributed by atoms with van der Waals surface area (Å²) in [5, 5.41) is 3.56. The van der Waals surface area contributed by atoms with Gasteiger partial charge in [-0.05, 0) is 42.1 Å². The van der Waals surface area contributed by atoms with Crippen LogP contribution in [0.1, 0.15) is 51.8 Å². The van der Waals surface area contributed by atoms with E-state index < -0.39 is 0 Å². The van der Waals surface area contributed by atoms with Gasteiger partial charge in [-0.15, -0.1) is 0 Å². The van der Waals surface area contributed by atoms with Gasteiger partial charge in [0.2, 0.25) is 0 Å². The van der Waals surface area contributed by atoms with E-state index >= 15 is 0 Å². The van der Waals surface area contributed by atoms with Gasteiger partial charge >= 0.3 is 0 Å². The van der Waals surface area contributed by atoms with Crippen molar-refractivity contribution >= 4 is 21.7 Å². The lowest BCUT2D eigenvalue weighted by molar-refractivity contribution is -0.0976. The van der Waals surface area contributed by atoms with Crippen LogP contribution < -0.4 is 5.32 Å². The summed E-state index contributed by atoms with van der Waals surface area (Å²) < 4.78 is 6.65. The molecule has 0 bridgehead atoms. The first-order chi connectivity index (χ1) is 9.50. The van der Waals surface area contributed by atoms with Gasteiger partial charge in [0.25, 0.3) is 0 Å². The number of hydrogen-bond donors (Lipinski definition) is 1. The summed E-state index contributed by atoms with van der Waals surface area (Å²) in [5.41, 5.74) is 0.146. The molecule has 0 spiro atoms. The Hall–Kier alpha value is -0.680. The minimum atomic E-state index is 0.146. The van der Waals surface area contributed by atoms with Crippen LogP contribution >= 0.6 is 15.9 Å². The average Bonchev–Trinajstić information content (AvgIpc) is 3.21. The van der Waals surface area contributed by atoms with E-state index in [9.17, 15) is 0 Å². The molecule has 5 heteroatoms. The first-order valence-corrected chi connectivity index (χ1v) is 8.22. The van der Waals surface area contributed by atoms with Gasteiger partial charge in [-0.3, -0.25) is 0 Å². The maximum absolute atomic E-state index is 5.77. The Morgan fingerprint density at radius 3 is 2.75 bits per heavy atom.